The summed E-state index contributed by atoms with van der Waals surface area (Å²) in [7, 11) is 1.71. The highest BCUT2D eigenvalue weighted by Gasteiger charge is 2.42. The molecule has 0 unspecified atom stereocenters. The molecule has 0 bridgehead atoms. The zero-order valence-electron chi connectivity index (χ0n) is 20.1. The van der Waals surface area contributed by atoms with Gasteiger partial charge < -0.3 is 20.9 Å². The fourth-order valence-corrected chi connectivity index (χ4v) is 4.63. The van der Waals surface area contributed by atoms with Crippen LogP contribution in [-0.2, 0) is 27.2 Å². The monoisotopic (exact) mass is 442 g/mol. The Hall–Kier alpha value is -2.41. The molecule has 0 saturated carbocycles. The van der Waals surface area contributed by atoms with Crippen molar-refractivity contribution in [1.29, 1.82) is 0 Å². The minimum absolute atomic E-state index is 0.141. The van der Waals surface area contributed by atoms with Crippen LogP contribution in [0.15, 0.2) is 18.2 Å². The van der Waals surface area contributed by atoms with Gasteiger partial charge in [0.2, 0.25) is 17.7 Å². The molecule has 3 N–H and O–H groups in total. The number of hydrogen-bond acceptors (Lipinski definition) is 4. The van der Waals surface area contributed by atoms with E-state index in [0.717, 1.165) is 31.4 Å². The van der Waals surface area contributed by atoms with Gasteiger partial charge in [0.05, 0.1) is 6.04 Å². The van der Waals surface area contributed by atoms with Crippen molar-refractivity contribution in [1.82, 2.24) is 15.5 Å². The molecule has 1 heterocycles. The first kappa shape index (κ1) is 24.2. The van der Waals surface area contributed by atoms with Crippen molar-refractivity contribution in [3.63, 3.8) is 0 Å². The average Bonchev–Trinajstić information content (AvgIpc) is 3.26. The van der Waals surface area contributed by atoms with E-state index in [1.165, 1.54) is 17.5 Å². The Morgan fingerprint density at radius 2 is 1.81 bits per heavy atom. The minimum Gasteiger partial charge on any atom is -0.342 e. The van der Waals surface area contributed by atoms with Gasteiger partial charge in [-0.25, -0.2) is 0 Å². The molecule has 3 amide bonds. The molecule has 3 rings (SSSR count). The Kier molecular flexibility index (Phi) is 7.59. The summed E-state index contributed by atoms with van der Waals surface area (Å²) in [5.41, 5.74) is 2.92. The summed E-state index contributed by atoms with van der Waals surface area (Å²) in [6, 6.07) is 4.45. The molecule has 1 fully saturated rings. The summed E-state index contributed by atoms with van der Waals surface area (Å²) in [5, 5.41) is 8.93. The molecule has 2 aliphatic rings. The fourth-order valence-electron chi connectivity index (χ4n) is 4.63. The third kappa shape index (κ3) is 5.31. The number of anilines is 1. The fraction of sp³-hybridized carbons (Fsp3) is 0.640. The lowest BCUT2D eigenvalue weighted by Crippen LogP contribution is -2.59. The summed E-state index contributed by atoms with van der Waals surface area (Å²) < 4.78 is 0. The lowest BCUT2D eigenvalue weighted by Gasteiger charge is -2.36. The second kappa shape index (κ2) is 10.0. The minimum atomic E-state index is -0.705. The number of nitrogens with one attached hydrogen (secondary N) is 3. The van der Waals surface area contributed by atoms with E-state index in [1.54, 1.807) is 18.9 Å². The van der Waals surface area contributed by atoms with E-state index < -0.39 is 23.5 Å². The predicted octanol–water partition coefficient (Wildman–Crippen LogP) is 2.63. The maximum absolute atomic E-state index is 13.5. The Balaban J connectivity index is 1.76. The van der Waals surface area contributed by atoms with Crippen LogP contribution >= 0.6 is 0 Å². The number of carbonyl (C=O) groups is 3. The molecule has 0 radical (unpaired) electrons. The van der Waals surface area contributed by atoms with Crippen LogP contribution in [0.3, 0.4) is 0 Å². The summed E-state index contributed by atoms with van der Waals surface area (Å²) in [4.78, 5) is 41.0. The number of hydrogen-bond donors (Lipinski definition) is 3. The molecular weight excluding hydrogens is 404 g/mol. The number of benzene rings is 1. The zero-order chi connectivity index (χ0) is 23.5. The van der Waals surface area contributed by atoms with Gasteiger partial charge in [0.15, 0.2) is 0 Å². The van der Waals surface area contributed by atoms with Gasteiger partial charge in [0.1, 0.15) is 12.1 Å². The van der Waals surface area contributed by atoms with Gasteiger partial charge >= 0.3 is 0 Å². The third-order valence-electron chi connectivity index (χ3n) is 6.72. The molecule has 32 heavy (non-hydrogen) atoms. The molecule has 7 nitrogen and oxygen atoms in total. The Morgan fingerprint density at radius 3 is 2.50 bits per heavy atom. The van der Waals surface area contributed by atoms with Crippen molar-refractivity contribution in [2.24, 2.45) is 5.41 Å². The third-order valence-corrected chi connectivity index (χ3v) is 6.72. The van der Waals surface area contributed by atoms with Gasteiger partial charge in [0.25, 0.3) is 0 Å². The van der Waals surface area contributed by atoms with Crippen LogP contribution in [0.1, 0.15) is 64.5 Å². The first-order valence-electron chi connectivity index (χ1n) is 11.8. The number of nitrogens with zero attached hydrogens (tertiary/aromatic N) is 1. The molecule has 1 aromatic carbocycles. The molecule has 0 spiro atoms. The first-order valence-corrected chi connectivity index (χ1v) is 11.8. The van der Waals surface area contributed by atoms with Crippen LogP contribution in [0.4, 0.5) is 5.69 Å². The van der Waals surface area contributed by atoms with Crippen molar-refractivity contribution < 1.29 is 14.4 Å². The summed E-state index contributed by atoms with van der Waals surface area (Å²) in [6.07, 6.45) is 5.73. The second-order valence-electron chi connectivity index (χ2n) is 10.1. The number of rotatable bonds is 6. The van der Waals surface area contributed by atoms with E-state index in [4.69, 9.17) is 0 Å². The number of aryl methyl sites for hydroxylation is 1. The van der Waals surface area contributed by atoms with E-state index in [2.05, 4.69) is 22.0 Å². The van der Waals surface area contributed by atoms with Crippen molar-refractivity contribution in [3.8, 4) is 0 Å². The molecule has 1 aromatic rings. The average molecular weight is 443 g/mol. The number of likely N-dealkylation sites (N-methyl/N-ethyl adjacent to an activating group) is 1. The highest BCUT2D eigenvalue weighted by atomic mass is 16.2. The van der Waals surface area contributed by atoms with Crippen LogP contribution in [0.25, 0.3) is 0 Å². The maximum Gasteiger partial charge on any atom is 0.247 e. The van der Waals surface area contributed by atoms with Gasteiger partial charge in [0, 0.05) is 12.2 Å². The molecule has 1 saturated heterocycles. The van der Waals surface area contributed by atoms with E-state index in [1.807, 2.05) is 32.9 Å². The SMILES string of the molecule is CN[C@@H](C)C(=O)N[C@H](C(=O)N1CCC[C@H]1C(=O)Nc1cccc2c1CCCC2)C(C)(C)C. The van der Waals surface area contributed by atoms with E-state index >= 15 is 0 Å². The van der Waals surface area contributed by atoms with Crippen molar-refractivity contribution in [2.75, 3.05) is 18.9 Å². The van der Waals surface area contributed by atoms with Crippen LogP contribution in [0.2, 0.25) is 0 Å². The topological polar surface area (TPSA) is 90.5 Å². The molecule has 3 atom stereocenters. The normalized spacial score (nSPS) is 20.3. The highest BCUT2D eigenvalue weighted by molar-refractivity contribution is 5.99. The highest BCUT2D eigenvalue weighted by Crippen LogP contribution is 2.30. The maximum atomic E-state index is 13.5. The van der Waals surface area contributed by atoms with Crippen LogP contribution < -0.4 is 16.0 Å². The molecule has 176 valence electrons. The quantitative estimate of drug-likeness (QED) is 0.632. The van der Waals surface area contributed by atoms with Crippen molar-refractivity contribution in [2.45, 2.75) is 84.3 Å². The van der Waals surface area contributed by atoms with Gasteiger partial charge in [-0.15, -0.1) is 0 Å². The summed E-state index contributed by atoms with van der Waals surface area (Å²) >= 11 is 0. The smallest absolute Gasteiger partial charge is 0.247 e. The zero-order valence-corrected chi connectivity index (χ0v) is 20.1. The Bertz CT molecular complexity index is 861. The molecule has 1 aliphatic carbocycles. The van der Waals surface area contributed by atoms with Crippen molar-refractivity contribution >= 4 is 23.4 Å². The Labute approximate surface area is 191 Å². The van der Waals surface area contributed by atoms with Gasteiger partial charge in [-0.2, -0.15) is 0 Å². The van der Waals surface area contributed by atoms with Gasteiger partial charge in [-0.1, -0.05) is 32.9 Å². The number of fused-ring (bicyclic) bond motifs is 1. The molecule has 7 heteroatoms. The standard InChI is InChI=1S/C25H38N4O3/c1-16(26-5)22(30)28-21(25(2,3)4)24(32)29-15-9-14-20(29)23(31)27-19-13-8-11-17-10-6-7-12-18(17)19/h8,11,13,16,20-21,26H,6-7,9-10,12,14-15H2,1-5H3,(H,27,31)(H,28,30)/t16-,20-,21+/m0/s1. The summed E-state index contributed by atoms with van der Waals surface area (Å²) in [6.45, 7) is 8.07. The second-order valence-corrected chi connectivity index (χ2v) is 10.1. The predicted molar refractivity (Wildman–Crippen MR) is 126 cm³/mol. The number of likely N-dealkylation sites (tertiary alicyclic amines) is 1. The molecular formula is C25H38N4O3. The van der Waals surface area contributed by atoms with Crippen LogP contribution in [0, 0.1) is 5.41 Å². The first-order chi connectivity index (χ1) is 15.1. The van der Waals surface area contributed by atoms with Crippen LogP contribution in [-0.4, -0.2) is 54.3 Å². The largest absolute Gasteiger partial charge is 0.342 e. The number of amides is 3. The van der Waals surface area contributed by atoms with E-state index in [9.17, 15) is 14.4 Å². The molecule has 1 aliphatic heterocycles. The van der Waals surface area contributed by atoms with E-state index in [-0.39, 0.29) is 17.7 Å². The Morgan fingerprint density at radius 1 is 1.09 bits per heavy atom. The number of carbonyl (C=O) groups excluding carboxylic acids is 3. The van der Waals surface area contributed by atoms with Gasteiger partial charge in [-0.05, 0) is 75.1 Å². The van der Waals surface area contributed by atoms with Crippen LogP contribution in [0.5, 0.6) is 0 Å². The molecule has 0 aromatic heterocycles. The lowest BCUT2D eigenvalue weighted by atomic mass is 9.85. The van der Waals surface area contributed by atoms with Gasteiger partial charge in [-0.3, -0.25) is 14.4 Å². The lowest BCUT2D eigenvalue weighted by molar-refractivity contribution is -0.143. The van der Waals surface area contributed by atoms with Crippen molar-refractivity contribution in [3.05, 3.63) is 29.3 Å². The van der Waals surface area contributed by atoms with E-state index in [0.29, 0.717) is 13.0 Å². The summed E-state index contributed by atoms with van der Waals surface area (Å²) in [5.74, 6) is -0.559.